The summed E-state index contributed by atoms with van der Waals surface area (Å²) in [6.45, 7) is 17.7. The molecule has 44 heavy (non-hydrogen) atoms. The summed E-state index contributed by atoms with van der Waals surface area (Å²) in [5.74, 6) is -2.13. The van der Waals surface area contributed by atoms with Crippen LogP contribution >= 0.6 is 0 Å². The Morgan fingerprint density at radius 3 is 2.00 bits per heavy atom. The average Bonchev–Trinajstić information content (AvgIpc) is 3.75. The number of ketones is 1. The largest absolute Gasteiger partial charge is 0.353 e. The number of hydrogen-bond acceptors (Lipinski definition) is 6. The Labute approximate surface area is 262 Å². The molecule has 1 heterocycles. The van der Waals surface area contributed by atoms with Gasteiger partial charge in [-0.25, -0.2) is 4.79 Å². The van der Waals surface area contributed by atoms with Crippen molar-refractivity contribution in [3.63, 3.8) is 0 Å². The molecule has 12 heteroatoms. The van der Waals surface area contributed by atoms with Crippen molar-refractivity contribution in [2.24, 2.45) is 34.0 Å². The van der Waals surface area contributed by atoms with Crippen LogP contribution in [0, 0.1) is 34.0 Å². The summed E-state index contributed by atoms with van der Waals surface area (Å²) in [6, 6.07) is -3.69. The van der Waals surface area contributed by atoms with Crippen molar-refractivity contribution in [1.29, 1.82) is 0 Å². The van der Waals surface area contributed by atoms with Crippen molar-refractivity contribution in [2.45, 2.75) is 106 Å². The van der Waals surface area contributed by atoms with Crippen LogP contribution in [0.4, 0.5) is 4.79 Å². The second kappa shape index (κ2) is 12.7. The minimum absolute atomic E-state index is 0.0977. The van der Waals surface area contributed by atoms with Crippen LogP contribution in [-0.4, -0.2) is 96.6 Å². The summed E-state index contributed by atoms with van der Waals surface area (Å²) in [7, 11) is 3.05. The lowest BCUT2D eigenvalue weighted by molar-refractivity contribution is -0.145. The third kappa shape index (κ3) is 7.90. The van der Waals surface area contributed by atoms with E-state index in [0.29, 0.717) is 19.5 Å². The Morgan fingerprint density at radius 2 is 1.52 bits per heavy atom. The molecule has 3 aliphatic rings. The molecular formula is C32H54N6O6. The van der Waals surface area contributed by atoms with E-state index in [2.05, 4.69) is 35.1 Å². The van der Waals surface area contributed by atoms with Crippen LogP contribution in [0.25, 0.3) is 0 Å². The van der Waals surface area contributed by atoms with Crippen molar-refractivity contribution in [1.82, 2.24) is 31.1 Å². The molecule has 0 spiro atoms. The normalized spacial score (nSPS) is 24.2. The molecule has 3 rings (SSSR count). The van der Waals surface area contributed by atoms with Crippen LogP contribution in [0.3, 0.4) is 0 Å². The zero-order chi connectivity index (χ0) is 33.5. The molecule has 2 saturated carbocycles. The molecule has 0 radical (unpaired) electrons. The first-order valence-corrected chi connectivity index (χ1v) is 15.8. The summed E-state index contributed by atoms with van der Waals surface area (Å²) in [5, 5.41) is 11.0. The molecule has 6 amide bonds. The SMILES string of the molecule is CNC(=O)C(=O)C(CC1CC1)NC(=O)[C@@H]1[C@@H]2[C@H](CN1C(=O)[C@@H](NC(=O)N[C@H](CN(C)C(C)=O)C(C)(C)C)C(C)(C)C)C2(C)C. The third-order valence-electron chi connectivity index (χ3n) is 9.84. The number of rotatable bonds is 11. The third-order valence-corrected chi connectivity index (χ3v) is 9.84. The monoisotopic (exact) mass is 618 g/mol. The number of carbonyl (C=O) groups excluding carboxylic acids is 6. The number of likely N-dealkylation sites (N-methyl/N-ethyl adjacent to an activating group) is 2. The van der Waals surface area contributed by atoms with Gasteiger partial charge in [-0.3, -0.25) is 24.0 Å². The maximum Gasteiger partial charge on any atom is 0.315 e. The van der Waals surface area contributed by atoms with Gasteiger partial charge >= 0.3 is 6.03 Å². The molecule has 0 bridgehead atoms. The fourth-order valence-electron chi connectivity index (χ4n) is 6.35. The number of amides is 6. The fourth-order valence-corrected chi connectivity index (χ4v) is 6.35. The van der Waals surface area contributed by atoms with E-state index in [1.165, 1.54) is 18.9 Å². The number of piperidine rings is 1. The minimum Gasteiger partial charge on any atom is -0.353 e. The standard InChI is InChI=1S/C32H54N6O6/c1-17(39)37(11)16-21(30(2,3)4)35-29(44)36-25(31(5,6)7)28(43)38-15-19-22(32(19,8)9)23(38)26(41)34-20(14-18-12-13-18)24(40)27(42)33-10/h18-23,25H,12-16H2,1-11H3,(H,33,42)(H,34,41)(H2,35,36,44)/t19-,20?,21+,22-,23-,25+/m0/s1. The maximum atomic E-state index is 14.3. The zero-order valence-corrected chi connectivity index (χ0v) is 28.4. The van der Waals surface area contributed by atoms with E-state index in [0.717, 1.165) is 12.8 Å². The molecule has 0 aromatic rings. The average molecular weight is 619 g/mol. The summed E-state index contributed by atoms with van der Waals surface area (Å²) >= 11 is 0. The predicted molar refractivity (Wildman–Crippen MR) is 166 cm³/mol. The summed E-state index contributed by atoms with van der Waals surface area (Å²) in [5.41, 5.74) is -1.24. The molecule has 1 saturated heterocycles. The Hall–Kier alpha value is -3.18. The van der Waals surface area contributed by atoms with Crippen molar-refractivity contribution in [3.05, 3.63) is 0 Å². The first kappa shape index (κ1) is 35.3. The maximum absolute atomic E-state index is 14.3. The van der Waals surface area contributed by atoms with Gasteiger partial charge in [-0.15, -0.1) is 0 Å². The lowest BCUT2D eigenvalue weighted by Crippen LogP contribution is -2.62. The highest BCUT2D eigenvalue weighted by molar-refractivity contribution is 6.38. The number of carbonyl (C=O) groups is 6. The molecule has 1 aliphatic heterocycles. The second-order valence-corrected chi connectivity index (χ2v) is 15.8. The van der Waals surface area contributed by atoms with Crippen molar-refractivity contribution < 1.29 is 28.8 Å². The highest BCUT2D eigenvalue weighted by Gasteiger charge is 2.70. The molecule has 1 unspecified atom stereocenters. The molecule has 0 aromatic heterocycles. The van der Waals surface area contributed by atoms with Crippen molar-refractivity contribution in [3.8, 4) is 0 Å². The molecule has 248 valence electrons. The second-order valence-electron chi connectivity index (χ2n) is 15.8. The molecular weight excluding hydrogens is 564 g/mol. The lowest BCUT2D eigenvalue weighted by atomic mass is 9.85. The van der Waals surface area contributed by atoms with Gasteiger partial charge in [-0.05, 0) is 40.4 Å². The quantitative estimate of drug-likeness (QED) is 0.258. The molecule has 0 aromatic carbocycles. The zero-order valence-electron chi connectivity index (χ0n) is 28.4. The molecule has 2 aliphatic carbocycles. The molecule has 12 nitrogen and oxygen atoms in total. The highest BCUT2D eigenvalue weighted by Crippen LogP contribution is 2.65. The lowest BCUT2D eigenvalue weighted by Gasteiger charge is -2.39. The first-order valence-electron chi connectivity index (χ1n) is 15.8. The van der Waals surface area contributed by atoms with Gasteiger partial charge in [-0.2, -0.15) is 0 Å². The van der Waals surface area contributed by atoms with Gasteiger partial charge in [0.1, 0.15) is 12.1 Å². The smallest absolute Gasteiger partial charge is 0.315 e. The van der Waals surface area contributed by atoms with Crippen molar-refractivity contribution in [2.75, 3.05) is 27.2 Å². The number of Topliss-reactive ketones (excluding diaryl/α,β-unsaturated/α-hetero) is 1. The number of nitrogens with one attached hydrogen (secondary N) is 4. The van der Waals surface area contributed by atoms with Gasteiger partial charge in [-0.1, -0.05) is 68.2 Å². The van der Waals surface area contributed by atoms with E-state index < -0.39 is 53.2 Å². The van der Waals surface area contributed by atoms with Gasteiger partial charge < -0.3 is 31.1 Å². The van der Waals surface area contributed by atoms with E-state index in [9.17, 15) is 28.8 Å². The molecule has 4 N–H and O–H groups in total. The Morgan fingerprint density at radius 1 is 0.932 bits per heavy atom. The predicted octanol–water partition coefficient (Wildman–Crippen LogP) is 1.68. The molecule has 3 fully saturated rings. The Bertz CT molecular complexity index is 1170. The molecule has 6 atom stereocenters. The number of hydrogen-bond donors (Lipinski definition) is 4. The number of likely N-dealkylation sites (tertiary alicyclic amines) is 1. The fraction of sp³-hybridized carbons (Fsp3) is 0.812. The van der Waals surface area contributed by atoms with Crippen LogP contribution < -0.4 is 21.3 Å². The van der Waals surface area contributed by atoms with Crippen LogP contribution in [0.5, 0.6) is 0 Å². The van der Waals surface area contributed by atoms with Crippen LogP contribution in [0.1, 0.15) is 81.6 Å². The van der Waals surface area contributed by atoms with Gasteiger partial charge in [0.25, 0.3) is 5.91 Å². The van der Waals surface area contributed by atoms with Crippen LogP contribution in [0.15, 0.2) is 0 Å². The van der Waals surface area contributed by atoms with Crippen molar-refractivity contribution >= 4 is 35.4 Å². The Kier molecular flexibility index (Phi) is 10.2. The van der Waals surface area contributed by atoms with Gasteiger partial charge in [0.2, 0.25) is 23.5 Å². The van der Waals surface area contributed by atoms with E-state index in [1.807, 2.05) is 41.5 Å². The van der Waals surface area contributed by atoms with Gasteiger partial charge in [0.15, 0.2) is 0 Å². The van der Waals surface area contributed by atoms with E-state index >= 15 is 0 Å². The van der Waals surface area contributed by atoms with Crippen LogP contribution in [0.2, 0.25) is 0 Å². The summed E-state index contributed by atoms with van der Waals surface area (Å²) in [4.78, 5) is 81.6. The highest BCUT2D eigenvalue weighted by atomic mass is 16.2. The van der Waals surface area contributed by atoms with Crippen LogP contribution in [-0.2, 0) is 24.0 Å². The first-order chi connectivity index (χ1) is 20.1. The van der Waals surface area contributed by atoms with Gasteiger partial charge in [0, 0.05) is 34.1 Å². The van der Waals surface area contributed by atoms with E-state index in [1.54, 1.807) is 11.9 Å². The summed E-state index contributed by atoms with van der Waals surface area (Å²) < 4.78 is 0. The van der Waals surface area contributed by atoms with Gasteiger partial charge in [0.05, 0.1) is 12.1 Å². The number of urea groups is 1. The van der Waals surface area contributed by atoms with E-state index in [4.69, 9.17) is 0 Å². The number of nitrogens with zero attached hydrogens (tertiary/aromatic N) is 2. The van der Waals surface area contributed by atoms with E-state index in [-0.39, 0.29) is 40.4 Å². The summed E-state index contributed by atoms with van der Waals surface area (Å²) in [6.07, 6.45) is 2.28. The number of fused-ring (bicyclic) bond motifs is 1. The topological polar surface area (TPSA) is 157 Å². The Balaban J connectivity index is 1.82. The minimum atomic E-state index is -0.961.